The predicted octanol–water partition coefficient (Wildman–Crippen LogP) is 5.09. The molecular formula is C20H16BrN5. The number of anilines is 3. The molecule has 4 rings (SSSR count). The van der Waals surface area contributed by atoms with Gasteiger partial charge in [-0.05, 0) is 54.4 Å². The van der Waals surface area contributed by atoms with Crippen LogP contribution in [0, 0.1) is 6.92 Å². The van der Waals surface area contributed by atoms with Crippen molar-refractivity contribution in [3.63, 3.8) is 0 Å². The van der Waals surface area contributed by atoms with Gasteiger partial charge in [0.25, 0.3) is 0 Å². The molecule has 4 aromatic rings. The molecule has 0 unspecified atom stereocenters. The van der Waals surface area contributed by atoms with Crippen molar-refractivity contribution in [2.24, 2.45) is 0 Å². The van der Waals surface area contributed by atoms with Crippen LogP contribution < -0.4 is 11.1 Å². The molecule has 0 saturated carbocycles. The van der Waals surface area contributed by atoms with Crippen LogP contribution >= 0.6 is 15.9 Å². The summed E-state index contributed by atoms with van der Waals surface area (Å²) >= 11 is 3.48. The van der Waals surface area contributed by atoms with Crippen LogP contribution in [0.3, 0.4) is 0 Å². The van der Waals surface area contributed by atoms with Crippen molar-refractivity contribution in [3.8, 4) is 11.1 Å². The highest BCUT2D eigenvalue weighted by molar-refractivity contribution is 9.10. The number of hydrogen-bond acceptors (Lipinski definition) is 5. The van der Waals surface area contributed by atoms with Crippen molar-refractivity contribution in [3.05, 3.63) is 71.0 Å². The van der Waals surface area contributed by atoms with Gasteiger partial charge in [-0.3, -0.25) is 4.98 Å². The van der Waals surface area contributed by atoms with Crippen molar-refractivity contribution in [2.75, 3.05) is 11.1 Å². The molecule has 0 aliphatic rings. The Morgan fingerprint density at radius 2 is 1.85 bits per heavy atom. The molecule has 0 spiro atoms. The number of pyridine rings is 1. The van der Waals surface area contributed by atoms with Gasteiger partial charge in [-0.2, -0.15) is 4.98 Å². The van der Waals surface area contributed by atoms with Gasteiger partial charge in [0.15, 0.2) is 0 Å². The lowest BCUT2D eigenvalue weighted by Gasteiger charge is -2.11. The standard InChI is InChI=1S/C20H16BrN5/c1-12-7-14(11-23-10-12)13-5-6-18-17(8-13)19(26-20(22)25-18)24-16-4-2-3-15(21)9-16/h2-11H,1H3,(H3,22,24,25,26). The SMILES string of the molecule is Cc1cncc(-c2ccc3nc(N)nc(Nc4cccc(Br)c4)c3c2)c1. The van der Waals surface area contributed by atoms with E-state index in [4.69, 9.17) is 5.73 Å². The Labute approximate surface area is 159 Å². The summed E-state index contributed by atoms with van der Waals surface area (Å²) < 4.78 is 0.986. The molecule has 2 aromatic heterocycles. The number of aryl methyl sites for hydroxylation is 1. The van der Waals surface area contributed by atoms with Crippen molar-refractivity contribution >= 4 is 44.3 Å². The van der Waals surface area contributed by atoms with Crippen LogP contribution in [-0.2, 0) is 0 Å². The molecule has 2 aromatic carbocycles. The highest BCUT2D eigenvalue weighted by Crippen LogP contribution is 2.30. The van der Waals surface area contributed by atoms with Gasteiger partial charge in [-0.15, -0.1) is 0 Å². The predicted molar refractivity (Wildman–Crippen MR) is 109 cm³/mol. The fourth-order valence-electron chi connectivity index (χ4n) is 2.84. The van der Waals surface area contributed by atoms with E-state index in [0.717, 1.165) is 37.8 Å². The van der Waals surface area contributed by atoms with Crippen LogP contribution in [0.4, 0.5) is 17.5 Å². The first-order chi connectivity index (χ1) is 12.6. The third-order valence-electron chi connectivity index (χ3n) is 4.01. The minimum Gasteiger partial charge on any atom is -0.368 e. The minimum atomic E-state index is 0.236. The van der Waals surface area contributed by atoms with Crippen molar-refractivity contribution < 1.29 is 0 Å². The molecule has 128 valence electrons. The molecule has 5 nitrogen and oxygen atoms in total. The molecule has 26 heavy (non-hydrogen) atoms. The number of fused-ring (bicyclic) bond motifs is 1. The average molecular weight is 406 g/mol. The summed E-state index contributed by atoms with van der Waals surface area (Å²) in [5.41, 5.74) is 10.8. The second kappa shape index (κ2) is 6.72. The molecule has 0 fully saturated rings. The van der Waals surface area contributed by atoms with Gasteiger partial charge in [0.2, 0.25) is 5.95 Å². The maximum atomic E-state index is 5.90. The van der Waals surface area contributed by atoms with Crippen molar-refractivity contribution in [1.29, 1.82) is 0 Å². The molecule has 0 bridgehead atoms. The zero-order valence-corrected chi connectivity index (χ0v) is 15.7. The molecule has 0 aliphatic carbocycles. The van der Waals surface area contributed by atoms with Gasteiger partial charge >= 0.3 is 0 Å². The molecule has 0 atom stereocenters. The monoisotopic (exact) mass is 405 g/mol. The topological polar surface area (TPSA) is 76.7 Å². The molecule has 0 radical (unpaired) electrons. The number of rotatable bonds is 3. The van der Waals surface area contributed by atoms with E-state index in [2.05, 4.69) is 48.3 Å². The summed E-state index contributed by atoms with van der Waals surface area (Å²) in [6.45, 7) is 2.03. The second-order valence-electron chi connectivity index (χ2n) is 6.05. The molecule has 0 saturated heterocycles. The fourth-order valence-corrected chi connectivity index (χ4v) is 3.24. The Kier molecular flexibility index (Phi) is 4.26. The number of nitrogens with one attached hydrogen (secondary N) is 1. The zero-order chi connectivity index (χ0) is 18.1. The van der Waals surface area contributed by atoms with Crippen LogP contribution in [0.5, 0.6) is 0 Å². The van der Waals surface area contributed by atoms with E-state index in [-0.39, 0.29) is 5.95 Å². The molecule has 6 heteroatoms. The van der Waals surface area contributed by atoms with Crippen LogP contribution in [0.25, 0.3) is 22.0 Å². The Balaban J connectivity index is 1.84. The number of nitrogen functional groups attached to an aromatic ring is 1. The van der Waals surface area contributed by atoms with Crippen molar-refractivity contribution in [2.45, 2.75) is 6.92 Å². The van der Waals surface area contributed by atoms with Gasteiger partial charge in [0.05, 0.1) is 5.52 Å². The molecule has 3 N–H and O–H groups in total. The number of nitrogens with two attached hydrogens (primary N) is 1. The molecular weight excluding hydrogens is 390 g/mol. The van der Waals surface area contributed by atoms with Crippen LogP contribution in [0.15, 0.2) is 65.4 Å². The second-order valence-corrected chi connectivity index (χ2v) is 6.96. The zero-order valence-electron chi connectivity index (χ0n) is 14.1. The summed E-state index contributed by atoms with van der Waals surface area (Å²) in [5, 5.41) is 4.24. The Morgan fingerprint density at radius 1 is 0.962 bits per heavy atom. The normalized spacial score (nSPS) is 10.8. The summed E-state index contributed by atoms with van der Waals surface area (Å²) in [6.07, 6.45) is 3.70. The number of nitrogens with zero attached hydrogens (tertiary/aromatic N) is 3. The maximum Gasteiger partial charge on any atom is 0.222 e. The third-order valence-corrected chi connectivity index (χ3v) is 4.50. The molecule has 0 aliphatic heterocycles. The van der Waals surface area contributed by atoms with E-state index in [1.165, 1.54) is 0 Å². The molecule has 0 amide bonds. The lowest BCUT2D eigenvalue weighted by atomic mass is 10.0. The van der Waals surface area contributed by atoms with E-state index in [1.807, 2.05) is 55.7 Å². The summed E-state index contributed by atoms with van der Waals surface area (Å²) in [7, 11) is 0. The maximum absolute atomic E-state index is 5.90. The minimum absolute atomic E-state index is 0.236. The van der Waals surface area contributed by atoms with Gasteiger partial charge in [-0.1, -0.05) is 28.1 Å². The lowest BCUT2D eigenvalue weighted by Crippen LogP contribution is -2.01. The first-order valence-electron chi connectivity index (χ1n) is 8.10. The highest BCUT2D eigenvalue weighted by Gasteiger charge is 2.09. The Bertz CT molecular complexity index is 1110. The number of hydrogen-bond donors (Lipinski definition) is 2. The first kappa shape index (κ1) is 16.5. The quantitative estimate of drug-likeness (QED) is 0.496. The largest absolute Gasteiger partial charge is 0.368 e. The van der Waals surface area contributed by atoms with Gasteiger partial charge in [0.1, 0.15) is 5.82 Å². The first-order valence-corrected chi connectivity index (χ1v) is 8.90. The molecule has 2 heterocycles. The van der Waals surface area contributed by atoms with E-state index in [0.29, 0.717) is 5.82 Å². The Morgan fingerprint density at radius 3 is 2.65 bits per heavy atom. The van der Waals surface area contributed by atoms with Crippen LogP contribution in [0.2, 0.25) is 0 Å². The summed E-state index contributed by atoms with van der Waals surface area (Å²) in [6, 6.07) is 16.0. The fraction of sp³-hybridized carbons (Fsp3) is 0.0500. The van der Waals surface area contributed by atoms with E-state index < -0.39 is 0 Å². The number of halogens is 1. The van der Waals surface area contributed by atoms with Gasteiger partial charge in [-0.25, -0.2) is 4.98 Å². The highest BCUT2D eigenvalue weighted by atomic mass is 79.9. The van der Waals surface area contributed by atoms with E-state index in [1.54, 1.807) is 0 Å². The van der Waals surface area contributed by atoms with E-state index >= 15 is 0 Å². The van der Waals surface area contributed by atoms with Gasteiger partial charge in [0, 0.05) is 33.5 Å². The summed E-state index contributed by atoms with van der Waals surface area (Å²) in [5.74, 6) is 0.910. The van der Waals surface area contributed by atoms with E-state index in [9.17, 15) is 0 Å². The smallest absolute Gasteiger partial charge is 0.222 e. The van der Waals surface area contributed by atoms with Crippen molar-refractivity contribution in [1.82, 2.24) is 15.0 Å². The third kappa shape index (κ3) is 3.36. The lowest BCUT2D eigenvalue weighted by molar-refractivity contribution is 1.23. The Hall–Kier alpha value is -2.99. The average Bonchev–Trinajstić information content (AvgIpc) is 2.61. The van der Waals surface area contributed by atoms with Crippen LogP contribution in [-0.4, -0.2) is 15.0 Å². The van der Waals surface area contributed by atoms with Crippen LogP contribution in [0.1, 0.15) is 5.56 Å². The summed E-state index contributed by atoms with van der Waals surface area (Å²) in [4.78, 5) is 13.0. The number of benzene rings is 2. The number of aromatic nitrogens is 3. The van der Waals surface area contributed by atoms with Gasteiger partial charge < -0.3 is 11.1 Å².